The number of rotatable bonds is 3. The fourth-order valence-corrected chi connectivity index (χ4v) is 9.07. The minimum absolute atomic E-state index is 0.478. The van der Waals surface area contributed by atoms with Gasteiger partial charge in [0.1, 0.15) is 19.6 Å². The third-order valence-corrected chi connectivity index (χ3v) is 11.4. The van der Waals surface area contributed by atoms with Crippen molar-refractivity contribution in [1.82, 2.24) is 15.2 Å². The van der Waals surface area contributed by atoms with Crippen LogP contribution in [-0.2, 0) is 0 Å². The van der Waals surface area contributed by atoms with Crippen LogP contribution in [0.4, 0.5) is 0 Å². The monoisotopic (exact) mass is 379 g/mol. The van der Waals surface area contributed by atoms with E-state index >= 15 is 0 Å². The normalized spacial score (nSPS) is 31.5. The van der Waals surface area contributed by atoms with Gasteiger partial charge in [0.2, 0.25) is 0 Å². The highest BCUT2D eigenvalue weighted by Gasteiger charge is 2.52. The van der Waals surface area contributed by atoms with Crippen molar-refractivity contribution >= 4 is 19.2 Å². The van der Waals surface area contributed by atoms with Crippen LogP contribution in [0.2, 0.25) is 18.6 Å². The molecule has 2 heterocycles. The molecule has 2 aromatic rings. The Balaban J connectivity index is 1.49. The highest BCUT2D eigenvalue weighted by Crippen LogP contribution is 2.57. The van der Waals surface area contributed by atoms with Crippen molar-refractivity contribution in [2.24, 2.45) is 11.8 Å². The van der Waals surface area contributed by atoms with E-state index in [-0.39, 0.29) is 0 Å². The Labute approximate surface area is 162 Å². The summed E-state index contributed by atoms with van der Waals surface area (Å²) in [5.74, 6) is 2.83. The van der Waals surface area contributed by atoms with Gasteiger partial charge in [0, 0.05) is 31.3 Å². The van der Waals surface area contributed by atoms with Crippen LogP contribution in [-0.4, -0.2) is 32.8 Å². The lowest BCUT2D eigenvalue weighted by Gasteiger charge is -2.45. The second kappa shape index (κ2) is 6.74. The molecule has 5 rings (SSSR count). The van der Waals surface area contributed by atoms with Gasteiger partial charge in [0.05, 0.1) is 0 Å². The van der Waals surface area contributed by atoms with Crippen LogP contribution in [0.3, 0.4) is 0 Å². The molecule has 0 radical (unpaired) electrons. The first kappa shape index (κ1) is 17.4. The van der Waals surface area contributed by atoms with E-state index in [0.29, 0.717) is 17.8 Å². The molecular weight excluding hydrogens is 350 g/mol. The molecule has 1 saturated heterocycles. The molecule has 0 bridgehead atoms. The fourth-order valence-electron chi connectivity index (χ4n) is 5.45. The number of para-hydroxylation sites is 1. The molecule has 2 fully saturated rings. The van der Waals surface area contributed by atoms with Crippen LogP contribution < -0.4 is 10.6 Å². The van der Waals surface area contributed by atoms with Crippen LogP contribution in [0.15, 0.2) is 59.1 Å². The SMILES string of the molecule is C[Si](C)(C1C[C@H](c2cc3ccccc3o2)C2C=CC=CC21)N1CNCNC1. The Morgan fingerprint density at radius 3 is 2.56 bits per heavy atom. The minimum atomic E-state index is -1.61. The Morgan fingerprint density at radius 1 is 1.04 bits per heavy atom. The van der Waals surface area contributed by atoms with E-state index < -0.39 is 8.24 Å². The average molecular weight is 380 g/mol. The zero-order valence-electron chi connectivity index (χ0n) is 16.2. The van der Waals surface area contributed by atoms with Crippen molar-refractivity contribution in [3.63, 3.8) is 0 Å². The first-order valence-electron chi connectivity index (χ1n) is 10.1. The first-order chi connectivity index (χ1) is 13.1. The summed E-state index contributed by atoms with van der Waals surface area (Å²) >= 11 is 0. The number of allylic oxidation sites excluding steroid dienone is 4. The van der Waals surface area contributed by atoms with E-state index in [1.165, 1.54) is 17.6 Å². The summed E-state index contributed by atoms with van der Waals surface area (Å²) in [7, 11) is -1.61. The summed E-state index contributed by atoms with van der Waals surface area (Å²) in [5.41, 5.74) is 1.74. The largest absolute Gasteiger partial charge is 0.461 e. The summed E-state index contributed by atoms with van der Waals surface area (Å²) in [4.78, 5) is 0. The number of fused-ring (bicyclic) bond motifs is 2. The second-order valence-electron chi connectivity index (χ2n) is 8.75. The summed E-state index contributed by atoms with van der Waals surface area (Å²) < 4.78 is 9.01. The third kappa shape index (κ3) is 2.93. The molecule has 27 heavy (non-hydrogen) atoms. The van der Waals surface area contributed by atoms with Crippen molar-refractivity contribution in [1.29, 1.82) is 0 Å². The molecular formula is C22H29N3OSi. The van der Waals surface area contributed by atoms with Gasteiger partial charge in [-0.05, 0) is 35.9 Å². The number of hydrogen-bond acceptors (Lipinski definition) is 4. The maximum absolute atomic E-state index is 6.33. The van der Waals surface area contributed by atoms with Crippen LogP contribution in [0.5, 0.6) is 0 Å². The first-order valence-corrected chi connectivity index (χ1v) is 13.2. The lowest BCUT2D eigenvalue weighted by molar-refractivity contribution is 0.283. The maximum atomic E-state index is 6.33. The molecule has 1 aromatic carbocycles. The number of nitrogens with one attached hydrogen (secondary N) is 2. The van der Waals surface area contributed by atoms with Gasteiger partial charge in [-0.25, -0.2) is 0 Å². The van der Waals surface area contributed by atoms with E-state index in [9.17, 15) is 0 Å². The molecule has 2 N–H and O–H groups in total. The quantitative estimate of drug-likeness (QED) is 0.784. The molecule has 5 heteroatoms. The smallest absolute Gasteiger partial charge is 0.134 e. The molecule has 3 unspecified atom stereocenters. The standard InChI is InChI=1S/C22H29N3OSi/c1-27(2,25-14-23-13-24-15-25)22-12-19(17-8-4-5-9-18(17)22)21-11-16-7-3-6-10-20(16)26-21/h3-11,17-19,22-24H,12-15H2,1-2H3/t17?,18?,19-,22?/m0/s1. The van der Waals surface area contributed by atoms with Gasteiger partial charge in [-0.3, -0.25) is 15.2 Å². The van der Waals surface area contributed by atoms with Crippen molar-refractivity contribution in [2.45, 2.75) is 31.0 Å². The van der Waals surface area contributed by atoms with E-state index in [2.05, 4.69) is 82.9 Å². The molecule has 1 aromatic heterocycles. The summed E-state index contributed by atoms with van der Waals surface area (Å²) in [6.45, 7) is 8.04. The van der Waals surface area contributed by atoms with Gasteiger partial charge >= 0.3 is 0 Å². The maximum Gasteiger partial charge on any atom is 0.134 e. The summed E-state index contributed by atoms with van der Waals surface area (Å²) in [5, 5.41) is 8.22. The van der Waals surface area contributed by atoms with E-state index in [0.717, 1.165) is 31.1 Å². The van der Waals surface area contributed by atoms with Gasteiger partial charge in [-0.15, -0.1) is 0 Å². The van der Waals surface area contributed by atoms with Crippen LogP contribution in [0.25, 0.3) is 11.0 Å². The third-order valence-electron chi connectivity index (χ3n) is 7.05. The van der Waals surface area contributed by atoms with Crippen molar-refractivity contribution in [3.8, 4) is 0 Å². The van der Waals surface area contributed by atoms with Gasteiger partial charge < -0.3 is 4.42 Å². The van der Waals surface area contributed by atoms with Gasteiger partial charge in [-0.1, -0.05) is 55.6 Å². The minimum Gasteiger partial charge on any atom is -0.461 e. The molecule has 3 aliphatic rings. The number of furan rings is 1. The van der Waals surface area contributed by atoms with Gasteiger partial charge in [0.15, 0.2) is 0 Å². The van der Waals surface area contributed by atoms with Crippen LogP contribution >= 0.6 is 0 Å². The highest BCUT2D eigenvalue weighted by molar-refractivity contribution is 6.76. The fraction of sp³-hybridized carbons (Fsp3) is 0.455. The van der Waals surface area contributed by atoms with Crippen LogP contribution in [0.1, 0.15) is 18.1 Å². The predicted octanol–water partition coefficient (Wildman–Crippen LogP) is 4.22. The topological polar surface area (TPSA) is 40.4 Å². The molecule has 2 aliphatic carbocycles. The number of hydrogen-bond donors (Lipinski definition) is 2. The Bertz CT molecular complexity index is 848. The zero-order valence-corrected chi connectivity index (χ0v) is 17.2. The van der Waals surface area contributed by atoms with E-state index in [1.807, 2.05) is 0 Å². The summed E-state index contributed by atoms with van der Waals surface area (Å²) in [6, 6.07) is 10.7. The van der Waals surface area contributed by atoms with E-state index in [1.54, 1.807) is 0 Å². The highest BCUT2D eigenvalue weighted by atomic mass is 28.3. The van der Waals surface area contributed by atoms with Crippen LogP contribution in [0, 0.1) is 11.8 Å². The molecule has 4 atom stereocenters. The molecule has 4 nitrogen and oxygen atoms in total. The molecule has 0 amide bonds. The van der Waals surface area contributed by atoms with Crippen molar-refractivity contribution < 1.29 is 4.42 Å². The average Bonchev–Trinajstić information content (AvgIpc) is 3.30. The number of benzene rings is 1. The van der Waals surface area contributed by atoms with Gasteiger partial charge in [0.25, 0.3) is 0 Å². The molecule has 0 spiro atoms. The predicted molar refractivity (Wildman–Crippen MR) is 113 cm³/mol. The Hall–Kier alpha value is -1.66. The molecule has 142 valence electrons. The van der Waals surface area contributed by atoms with Crippen molar-refractivity contribution in [2.75, 3.05) is 20.0 Å². The Kier molecular flexibility index (Phi) is 4.35. The second-order valence-corrected chi connectivity index (χ2v) is 13.4. The van der Waals surface area contributed by atoms with Crippen molar-refractivity contribution in [3.05, 3.63) is 60.4 Å². The zero-order chi connectivity index (χ0) is 18.4. The van der Waals surface area contributed by atoms with E-state index in [4.69, 9.17) is 4.42 Å². The summed E-state index contributed by atoms with van der Waals surface area (Å²) in [6.07, 6.45) is 10.6. The Morgan fingerprint density at radius 2 is 1.78 bits per heavy atom. The molecule has 1 aliphatic heterocycles. The number of nitrogens with zero attached hydrogens (tertiary/aromatic N) is 1. The lowest BCUT2D eigenvalue weighted by atomic mass is 9.85. The van der Waals surface area contributed by atoms with Gasteiger partial charge in [-0.2, -0.15) is 0 Å². The lowest BCUT2D eigenvalue weighted by Crippen LogP contribution is -2.63. The molecule has 1 saturated carbocycles.